The van der Waals surface area contributed by atoms with Crippen molar-refractivity contribution >= 4 is 13.8 Å². The smallest absolute Gasteiger partial charge is 0.457 e. The molecule has 2 atom stereocenters. The van der Waals surface area contributed by atoms with E-state index in [0.717, 1.165) is 44.9 Å². The van der Waals surface area contributed by atoms with Crippen LogP contribution in [-0.4, -0.2) is 75.6 Å². The van der Waals surface area contributed by atoms with Crippen molar-refractivity contribution < 1.29 is 37.3 Å². The van der Waals surface area contributed by atoms with Crippen molar-refractivity contribution in [1.29, 1.82) is 0 Å². The van der Waals surface area contributed by atoms with Crippen LogP contribution in [0.2, 0.25) is 0 Å². The lowest BCUT2D eigenvalue weighted by Crippen LogP contribution is -2.37. The molecule has 0 aromatic carbocycles. The standard InChI is InChI=1S/C47H92NO7P/c1-6-8-10-12-14-16-18-20-22-23-24-25-26-28-30-32-34-36-38-40-47(49)55-46(45-54-56(50,51)53-43-41-48(3,4)5)44-52-42-39-37-35-33-31-29-27-21-19-17-15-13-11-9-7-2/h13,15,19,21,46H,6-12,14,16-18,20,22-45H2,1-5H3/p+1/b15-13-,21-19-. The Morgan fingerprint density at radius 1 is 0.554 bits per heavy atom. The number of phosphoric acid groups is 1. The third-order valence-electron chi connectivity index (χ3n) is 10.3. The molecule has 332 valence electrons. The number of carbonyl (C=O) groups excluding carboxylic acids is 1. The summed E-state index contributed by atoms with van der Waals surface area (Å²) in [6.07, 6.45) is 46.4. The van der Waals surface area contributed by atoms with Gasteiger partial charge in [-0.05, 0) is 38.5 Å². The van der Waals surface area contributed by atoms with E-state index >= 15 is 0 Å². The monoisotopic (exact) mass is 815 g/mol. The summed E-state index contributed by atoms with van der Waals surface area (Å²) in [5, 5.41) is 0. The second-order valence-corrected chi connectivity index (χ2v) is 18.6. The summed E-state index contributed by atoms with van der Waals surface area (Å²) in [5.74, 6) is -0.314. The summed E-state index contributed by atoms with van der Waals surface area (Å²) >= 11 is 0. The molecular weight excluding hydrogens is 721 g/mol. The number of phosphoric ester groups is 1. The van der Waals surface area contributed by atoms with E-state index in [4.69, 9.17) is 18.5 Å². The number of likely N-dealkylation sites (N-methyl/N-ethyl adjacent to an activating group) is 1. The minimum absolute atomic E-state index is 0.0884. The summed E-state index contributed by atoms with van der Waals surface area (Å²) in [5.41, 5.74) is 0. The van der Waals surface area contributed by atoms with Gasteiger partial charge in [0.1, 0.15) is 19.3 Å². The van der Waals surface area contributed by atoms with Gasteiger partial charge in [-0.25, -0.2) is 4.57 Å². The Bertz CT molecular complexity index is 951. The number of hydrogen-bond acceptors (Lipinski definition) is 6. The Hall–Kier alpha value is -1.02. The molecule has 0 amide bonds. The summed E-state index contributed by atoms with van der Waals surface area (Å²) in [4.78, 5) is 22.9. The Morgan fingerprint density at radius 2 is 1.00 bits per heavy atom. The fourth-order valence-corrected chi connectivity index (χ4v) is 7.31. The maximum atomic E-state index is 12.7. The van der Waals surface area contributed by atoms with Crippen LogP contribution in [0.4, 0.5) is 0 Å². The van der Waals surface area contributed by atoms with Crippen molar-refractivity contribution in [2.75, 3.05) is 54.1 Å². The first-order valence-corrected chi connectivity index (χ1v) is 25.1. The van der Waals surface area contributed by atoms with Gasteiger partial charge in [0.15, 0.2) is 0 Å². The minimum Gasteiger partial charge on any atom is -0.457 e. The molecular formula is C47H93NO7P+. The average molecular weight is 815 g/mol. The lowest BCUT2D eigenvalue weighted by Gasteiger charge is -2.24. The van der Waals surface area contributed by atoms with Crippen molar-refractivity contribution in [2.24, 2.45) is 0 Å². The molecule has 9 heteroatoms. The first kappa shape index (κ1) is 55.0. The van der Waals surface area contributed by atoms with Crippen LogP contribution in [0.15, 0.2) is 24.3 Å². The zero-order chi connectivity index (χ0) is 41.3. The van der Waals surface area contributed by atoms with Crippen LogP contribution in [0.25, 0.3) is 0 Å². The normalized spacial score (nSPS) is 13.9. The highest BCUT2D eigenvalue weighted by Crippen LogP contribution is 2.43. The summed E-state index contributed by atoms with van der Waals surface area (Å²) in [7, 11) is 1.67. The van der Waals surface area contributed by atoms with Crippen LogP contribution in [0.3, 0.4) is 0 Å². The van der Waals surface area contributed by atoms with Gasteiger partial charge in [-0.15, -0.1) is 0 Å². The van der Waals surface area contributed by atoms with Gasteiger partial charge in [-0.1, -0.05) is 192 Å². The molecule has 0 aromatic heterocycles. The highest BCUT2D eigenvalue weighted by Gasteiger charge is 2.26. The molecule has 0 bridgehead atoms. The van der Waals surface area contributed by atoms with E-state index in [2.05, 4.69) is 38.2 Å². The van der Waals surface area contributed by atoms with E-state index in [1.54, 1.807) is 0 Å². The zero-order valence-corrected chi connectivity index (χ0v) is 38.5. The number of quaternary nitrogens is 1. The highest BCUT2D eigenvalue weighted by molar-refractivity contribution is 7.47. The maximum absolute atomic E-state index is 12.7. The van der Waals surface area contributed by atoms with E-state index in [9.17, 15) is 14.3 Å². The van der Waals surface area contributed by atoms with Gasteiger partial charge < -0.3 is 18.9 Å². The number of esters is 1. The third kappa shape index (κ3) is 44.1. The molecule has 0 aromatic rings. The van der Waals surface area contributed by atoms with E-state index in [-0.39, 0.29) is 25.8 Å². The van der Waals surface area contributed by atoms with Crippen molar-refractivity contribution in [2.45, 2.75) is 219 Å². The second kappa shape index (κ2) is 40.7. The minimum atomic E-state index is -4.27. The lowest BCUT2D eigenvalue weighted by atomic mass is 10.0. The number of allylic oxidation sites excluding steroid dienone is 4. The molecule has 56 heavy (non-hydrogen) atoms. The fraction of sp³-hybridized carbons (Fsp3) is 0.894. The van der Waals surface area contributed by atoms with Crippen molar-refractivity contribution in [1.82, 2.24) is 0 Å². The van der Waals surface area contributed by atoms with Gasteiger partial charge in [-0.3, -0.25) is 13.8 Å². The molecule has 0 aliphatic carbocycles. The van der Waals surface area contributed by atoms with E-state index < -0.39 is 13.9 Å². The maximum Gasteiger partial charge on any atom is 0.472 e. The third-order valence-corrected chi connectivity index (χ3v) is 11.2. The Balaban J connectivity index is 4.17. The molecule has 0 rings (SSSR count). The van der Waals surface area contributed by atoms with Gasteiger partial charge in [-0.2, -0.15) is 0 Å². The van der Waals surface area contributed by atoms with Crippen molar-refractivity contribution in [3.63, 3.8) is 0 Å². The number of unbranched alkanes of at least 4 members (excludes halogenated alkanes) is 26. The Morgan fingerprint density at radius 3 is 1.50 bits per heavy atom. The van der Waals surface area contributed by atoms with E-state index in [1.165, 1.54) is 148 Å². The van der Waals surface area contributed by atoms with Crippen molar-refractivity contribution in [3.05, 3.63) is 24.3 Å². The first-order valence-electron chi connectivity index (χ1n) is 23.6. The zero-order valence-electron chi connectivity index (χ0n) is 37.6. The molecule has 0 saturated heterocycles. The topological polar surface area (TPSA) is 91.3 Å². The van der Waals surface area contributed by atoms with Crippen LogP contribution in [0, 0.1) is 0 Å². The van der Waals surface area contributed by atoms with Gasteiger partial charge in [0.2, 0.25) is 0 Å². The molecule has 2 unspecified atom stereocenters. The predicted octanol–water partition coefficient (Wildman–Crippen LogP) is 14.0. The van der Waals surface area contributed by atoms with Crippen LogP contribution in [0.5, 0.6) is 0 Å². The molecule has 0 aliphatic heterocycles. The molecule has 8 nitrogen and oxygen atoms in total. The fourth-order valence-electron chi connectivity index (χ4n) is 6.57. The molecule has 0 radical (unpaired) electrons. The first-order chi connectivity index (χ1) is 27.1. The van der Waals surface area contributed by atoms with Crippen molar-refractivity contribution in [3.8, 4) is 0 Å². The summed E-state index contributed by atoms with van der Waals surface area (Å²) < 4.78 is 35.0. The van der Waals surface area contributed by atoms with Gasteiger partial charge in [0.25, 0.3) is 0 Å². The quantitative estimate of drug-likeness (QED) is 0.0215. The van der Waals surface area contributed by atoms with Crippen LogP contribution < -0.4 is 0 Å². The number of ether oxygens (including phenoxy) is 2. The molecule has 0 spiro atoms. The molecule has 0 fully saturated rings. The molecule has 0 aliphatic rings. The Labute approximate surface area is 347 Å². The predicted molar refractivity (Wildman–Crippen MR) is 238 cm³/mol. The number of carbonyl (C=O) groups is 1. The van der Waals surface area contributed by atoms with Gasteiger partial charge in [0.05, 0.1) is 34.4 Å². The van der Waals surface area contributed by atoms with Crippen LogP contribution >= 0.6 is 7.82 Å². The van der Waals surface area contributed by atoms with E-state index in [1.807, 2.05) is 21.1 Å². The number of hydrogen-bond donors (Lipinski definition) is 1. The summed E-state index contributed by atoms with van der Waals surface area (Å²) in [6.45, 7) is 5.60. The second-order valence-electron chi connectivity index (χ2n) is 17.1. The number of nitrogens with zero attached hydrogens (tertiary/aromatic N) is 1. The van der Waals surface area contributed by atoms with Gasteiger partial charge in [0, 0.05) is 13.0 Å². The summed E-state index contributed by atoms with van der Waals surface area (Å²) in [6, 6.07) is 0. The largest absolute Gasteiger partial charge is 0.472 e. The van der Waals surface area contributed by atoms with E-state index in [0.29, 0.717) is 24.1 Å². The molecule has 1 N–H and O–H groups in total. The van der Waals surface area contributed by atoms with Crippen LogP contribution in [-0.2, 0) is 27.9 Å². The highest BCUT2D eigenvalue weighted by atomic mass is 31.2. The lowest BCUT2D eigenvalue weighted by molar-refractivity contribution is -0.870. The average Bonchev–Trinajstić information content (AvgIpc) is 3.15. The van der Waals surface area contributed by atoms with Gasteiger partial charge >= 0.3 is 13.8 Å². The Kier molecular flexibility index (Phi) is 40.0. The number of rotatable bonds is 44. The SMILES string of the molecule is CCCC/C=C\C/C=C\CCCCCCCCOCC(COP(=O)(O)OCC[N+](C)(C)C)OC(=O)CCCCCCCCCCCCCCCCCCCCC. The molecule has 0 heterocycles. The van der Waals surface area contributed by atoms with Crippen LogP contribution in [0.1, 0.15) is 213 Å². The molecule has 0 saturated carbocycles.